The molecule has 0 aromatic heterocycles. The summed E-state index contributed by atoms with van der Waals surface area (Å²) < 4.78 is 0. The Labute approximate surface area is 131 Å². The van der Waals surface area contributed by atoms with Crippen molar-refractivity contribution >= 4 is 23.5 Å². The van der Waals surface area contributed by atoms with E-state index in [2.05, 4.69) is 27.2 Å². The number of aliphatic carboxylic acids is 1. The molecule has 0 aliphatic heterocycles. The highest BCUT2D eigenvalue weighted by Gasteiger charge is 2.20. The van der Waals surface area contributed by atoms with Gasteiger partial charge in [-0.05, 0) is 29.3 Å². The number of azide groups is 1. The highest BCUT2D eigenvalue weighted by Crippen LogP contribution is 2.11. The maximum Gasteiger partial charge on any atom is 0.326 e. The van der Waals surface area contributed by atoms with Gasteiger partial charge in [-0.1, -0.05) is 23.8 Å². The molecule has 9 heteroatoms. The van der Waals surface area contributed by atoms with Gasteiger partial charge in [-0.25, -0.2) is 4.79 Å². The van der Waals surface area contributed by atoms with Crippen LogP contribution >= 0.6 is 0 Å². The number of nitrogens with zero attached hydrogens (tertiary/aromatic N) is 3. The van der Waals surface area contributed by atoms with Crippen LogP contribution in [-0.2, 0) is 20.8 Å². The number of benzene rings is 1. The van der Waals surface area contributed by atoms with Crippen LogP contribution in [0.1, 0.15) is 5.56 Å². The molecule has 9 nitrogen and oxygen atoms in total. The van der Waals surface area contributed by atoms with Gasteiger partial charge in [0, 0.05) is 17.0 Å². The zero-order chi connectivity index (χ0) is 17.2. The molecule has 0 bridgehead atoms. The predicted octanol–water partition coefficient (Wildman–Crippen LogP) is 1.23. The van der Waals surface area contributed by atoms with Gasteiger partial charge in [-0.2, -0.15) is 0 Å². The van der Waals surface area contributed by atoms with E-state index >= 15 is 0 Å². The maximum atomic E-state index is 11.4. The SMILES string of the molecule is C=CC(=O)Nc1ccc(C[C@H](NC(=O)CN=[N+]=[N-])C(=O)O)cc1. The van der Waals surface area contributed by atoms with Gasteiger partial charge in [0.1, 0.15) is 12.6 Å². The fourth-order valence-corrected chi connectivity index (χ4v) is 1.69. The van der Waals surface area contributed by atoms with Crippen LogP contribution in [0.5, 0.6) is 0 Å². The minimum Gasteiger partial charge on any atom is -0.480 e. The smallest absolute Gasteiger partial charge is 0.326 e. The number of carbonyl (C=O) groups excluding carboxylic acids is 2. The predicted molar refractivity (Wildman–Crippen MR) is 82.6 cm³/mol. The lowest BCUT2D eigenvalue weighted by Gasteiger charge is -2.14. The third-order valence-electron chi connectivity index (χ3n) is 2.76. The monoisotopic (exact) mass is 317 g/mol. The van der Waals surface area contributed by atoms with Crippen LogP contribution in [0.15, 0.2) is 42.0 Å². The van der Waals surface area contributed by atoms with Crippen LogP contribution in [0.3, 0.4) is 0 Å². The topological polar surface area (TPSA) is 144 Å². The number of carbonyl (C=O) groups is 3. The quantitative estimate of drug-likeness (QED) is 0.286. The van der Waals surface area contributed by atoms with Crippen molar-refractivity contribution in [3.05, 3.63) is 52.9 Å². The number of carboxylic acids is 1. The number of hydrogen-bond acceptors (Lipinski definition) is 4. The molecule has 23 heavy (non-hydrogen) atoms. The van der Waals surface area contributed by atoms with Crippen molar-refractivity contribution in [1.29, 1.82) is 0 Å². The average molecular weight is 317 g/mol. The van der Waals surface area contributed by atoms with Crippen LogP contribution < -0.4 is 10.6 Å². The Hall–Kier alpha value is -3.32. The van der Waals surface area contributed by atoms with Gasteiger partial charge >= 0.3 is 5.97 Å². The first-order valence-corrected chi connectivity index (χ1v) is 6.51. The number of amides is 2. The largest absolute Gasteiger partial charge is 0.480 e. The fraction of sp³-hybridized carbons (Fsp3) is 0.214. The first-order chi connectivity index (χ1) is 11.0. The summed E-state index contributed by atoms with van der Waals surface area (Å²) in [5.74, 6) is -2.24. The Morgan fingerprint density at radius 1 is 1.35 bits per heavy atom. The van der Waals surface area contributed by atoms with Crippen LogP contribution in [0.4, 0.5) is 5.69 Å². The Morgan fingerprint density at radius 3 is 2.52 bits per heavy atom. The summed E-state index contributed by atoms with van der Waals surface area (Å²) in [6.07, 6.45) is 1.18. The number of nitrogens with one attached hydrogen (secondary N) is 2. The standard InChI is InChI=1S/C14H15N5O4/c1-2-12(20)17-10-5-3-9(4-6-10)7-11(14(22)23)18-13(21)8-16-19-15/h2-6,11H,1,7-8H2,(H,17,20)(H,18,21)(H,22,23)/t11-/m0/s1. The normalized spacial score (nSPS) is 10.8. The van der Waals surface area contributed by atoms with E-state index < -0.39 is 24.5 Å². The van der Waals surface area contributed by atoms with Gasteiger partial charge in [0.25, 0.3) is 0 Å². The minimum atomic E-state index is -1.21. The maximum absolute atomic E-state index is 11.4. The third kappa shape index (κ3) is 6.32. The van der Waals surface area contributed by atoms with Gasteiger partial charge < -0.3 is 15.7 Å². The highest BCUT2D eigenvalue weighted by atomic mass is 16.4. The fourth-order valence-electron chi connectivity index (χ4n) is 1.69. The van der Waals surface area contributed by atoms with Crippen molar-refractivity contribution in [2.45, 2.75) is 12.5 Å². The summed E-state index contributed by atoms with van der Waals surface area (Å²) >= 11 is 0. The first-order valence-electron chi connectivity index (χ1n) is 6.51. The Kier molecular flexibility index (Phi) is 6.83. The highest BCUT2D eigenvalue weighted by molar-refractivity contribution is 5.98. The molecule has 0 saturated carbocycles. The van der Waals surface area contributed by atoms with Crippen LogP contribution in [-0.4, -0.2) is 35.5 Å². The number of rotatable bonds is 8. The molecule has 3 N–H and O–H groups in total. The number of carboxylic acid groups (broad SMARTS) is 1. The molecule has 0 heterocycles. The molecule has 1 atom stereocenters. The molecule has 0 spiro atoms. The zero-order valence-corrected chi connectivity index (χ0v) is 12.1. The average Bonchev–Trinajstić information content (AvgIpc) is 2.53. The summed E-state index contributed by atoms with van der Waals surface area (Å²) in [7, 11) is 0. The molecule has 1 rings (SSSR count). The van der Waals surface area contributed by atoms with Crippen LogP contribution in [0.25, 0.3) is 10.4 Å². The van der Waals surface area contributed by atoms with Crippen molar-refractivity contribution in [3.63, 3.8) is 0 Å². The van der Waals surface area contributed by atoms with Crippen molar-refractivity contribution in [1.82, 2.24) is 5.32 Å². The lowest BCUT2D eigenvalue weighted by molar-refractivity contribution is -0.141. The second-order valence-corrected chi connectivity index (χ2v) is 4.44. The van der Waals surface area contributed by atoms with Gasteiger partial charge in [0.05, 0.1) is 0 Å². The number of anilines is 1. The van der Waals surface area contributed by atoms with Gasteiger partial charge in [-0.3, -0.25) is 9.59 Å². The summed E-state index contributed by atoms with van der Waals surface area (Å²) in [5, 5.41) is 17.0. The van der Waals surface area contributed by atoms with E-state index in [-0.39, 0.29) is 12.3 Å². The molecule has 1 aromatic carbocycles. The molecule has 120 valence electrons. The molecule has 0 saturated heterocycles. The summed E-state index contributed by atoms with van der Waals surface area (Å²) in [5.41, 5.74) is 9.32. The van der Waals surface area contributed by atoms with Crippen LogP contribution in [0.2, 0.25) is 0 Å². The molecule has 2 amide bonds. The van der Waals surface area contributed by atoms with Crippen molar-refractivity contribution < 1.29 is 19.5 Å². The number of hydrogen-bond donors (Lipinski definition) is 3. The van der Waals surface area contributed by atoms with Gasteiger partial charge in [0.15, 0.2) is 0 Å². The first kappa shape index (κ1) is 17.7. The lowest BCUT2D eigenvalue weighted by Crippen LogP contribution is -2.43. The van der Waals surface area contributed by atoms with Crippen molar-refractivity contribution in [3.8, 4) is 0 Å². The molecule has 0 aliphatic rings. The molecular formula is C14H15N5O4. The zero-order valence-electron chi connectivity index (χ0n) is 12.1. The summed E-state index contributed by atoms with van der Waals surface area (Å²) in [6, 6.07) is 5.34. The van der Waals surface area contributed by atoms with E-state index in [1.54, 1.807) is 24.3 Å². The molecule has 0 fully saturated rings. The van der Waals surface area contributed by atoms with E-state index in [4.69, 9.17) is 10.6 Å². The van der Waals surface area contributed by atoms with E-state index in [1.807, 2.05) is 0 Å². The molecule has 1 aromatic rings. The van der Waals surface area contributed by atoms with Gasteiger partial charge in [0.2, 0.25) is 11.8 Å². The second kappa shape index (κ2) is 8.85. The second-order valence-electron chi connectivity index (χ2n) is 4.44. The molecular weight excluding hydrogens is 302 g/mol. The van der Waals surface area contributed by atoms with Gasteiger partial charge in [-0.15, -0.1) is 0 Å². The van der Waals surface area contributed by atoms with Crippen LogP contribution in [0, 0.1) is 0 Å². The van der Waals surface area contributed by atoms with E-state index in [9.17, 15) is 14.4 Å². The lowest BCUT2D eigenvalue weighted by atomic mass is 10.1. The summed E-state index contributed by atoms with van der Waals surface area (Å²) in [6.45, 7) is 2.87. The van der Waals surface area contributed by atoms with E-state index in [0.717, 1.165) is 6.08 Å². The Balaban J connectivity index is 2.71. The summed E-state index contributed by atoms with van der Waals surface area (Å²) in [4.78, 5) is 36.2. The van der Waals surface area contributed by atoms with Crippen molar-refractivity contribution in [2.75, 3.05) is 11.9 Å². The molecule has 0 unspecified atom stereocenters. The van der Waals surface area contributed by atoms with E-state index in [1.165, 1.54) is 0 Å². The van der Waals surface area contributed by atoms with Crippen molar-refractivity contribution in [2.24, 2.45) is 5.11 Å². The molecule has 0 radical (unpaired) electrons. The Morgan fingerprint density at radius 2 is 2.00 bits per heavy atom. The molecule has 0 aliphatic carbocycles. The minimum absolute atomic E-state index is 0.0486. The van der Waals surface area contributed by atoms with E-state index in [0.29, 0.717) is 11.3 Å². The third-order valence-corrected chi connectivity index (χ3v) is 2.76. The Bertz CT molecular complexity index is 650.